The molecule has 0 atom stereocenters. The van der Waals surface area contributed by atoms with Gasteiger partial charge in [-0.1, -0.05) is 31.9 Å². The Balaban J connectivity index is 2.25. The molecule has 1 aromatic heterocycles. The Morgan fingerprint density at radius 1 is 0.885 bits per heavy atom. The highest BCUT2D eigenvalue weighted by Crippen LogP contribution is 2.36. The number of hydrogen-bond donors (Lipinski definition) is 0. The second kappa shape index (κ2) is 7.17. The maximum atomic E-state index is 14.6. The highest BCUT2D eigenvalue weighted by Gasteiger charge is 2.20. The molecule has 2 aromatic carbocycles. The van der Waals surface area contributed by atoms with Crippen molar-refractivity contribution in [2.75, 3.05) is 6.26 Å². The Morgan fingerprint density at radius 2 is 1.54 bits per heavy atom. The van der Waals surface area contributed by atoms with Gasteiger partial charge in [-0.15, -0.1) is 0 Å². The van der Waals surface area contributed by atoms with Crippen LogP contribution in [0, 0.1) is 11.6 Å². The van der Waals surface area contributed by atoms with Crippen LogP contribution in [0.4, 0.5) is 8.78 Å². The van der Waals surface area contributed by atoms with E-state index in [1.165, 1.54) is 6.20 Å². The van der Waals surface area contributed by atoms with Crippen LogP contribution in [0.25, 0.3) is 22.3 Å². The fourth-order valence-corrected chi connectivity index (χ4v) is 4.61. The van der Waals surface area contributed by atoms with E-state index in [-0.39, 0.29) is 5.56 Å². The minimum absolute atomic E-state index is 0.0610. The molecule has 26 heavy (non-hydrogen) atoms. The average molecular weight is 503 g/mol. The van der Waals surface area contributed by atoms with Gasteiger partial charge in [-0.2, -0.15) is 0 Å². The molecular weight excluding hydrogens is 492 g/mol. The van der Waals surface area contributed by atoms with Crippen LogP contribution in [0.15, 0.2) is 62.6 Å². The molecule has 0 aliphatic heterocycles. The Bertz CT molecular complexity index is 1100. The van der Waals surface area contributed by atoms with E-state index in [1.807, 2.05) is 18.2 Å². The van der Waals surface area contributed by atoms with Gasteiger partial charge in [0.15, 0.2) is 9.84 Å². The second-order valence-electron chi connectivity index (χ2n) is 5.61. The summed E-state index contributed by atoms with van der Waals surface area (Å²) in [6.07, 6.45) is 3.80. The molecule has 0 spiro atoms. The smallest absolute Gasteiger partial charge is 0.178 e. The van der Waals surface area contributed by atoms with Gasteiger partial charge in [0.25, 0.3) is 0 Å². The monoisotopic (exact) mass is 501 g/mol. The van der Waals surface area contributed by atoms with Crippen LogP contribution < -0.4 is 0 Å². The highest BCUT2D eigenvalue weighted by atomic mass is 79.9. The molecule has 0 radical (unpaired) electrons. The number of hydrogen-bond acceptors (Lipinski definition) is 3. The van der Waals surface area contributed by atoms with Gasteiger partial charge in [-0.05, 0) is 47.5 Å². The van der Waals surface area contributed by atoms with Gasteiger partial charge in [-0.25, -0.2) is 17.2 Å². The number of benzene rings is 2. The van der Waals surface area contributed by atoms with Gasteiger partial charge >= 0.3 is 0 Å². The van der Waals surface area contributed by atoms with E-state index in [9.17, 15) is 17.2 Å². The molecule has 8 heteroatoms. The third kappa shape index (κ3) is 3.87. The van der Waals surface area contributed by atoms with Crippen molar-refractivity contribution in [2.45, 2.75) is 4.90 Å². The van der Waals surface area contributed by atoms with Crippen LogP contribution in [0.1, 0.15) is 0 Å². The van der Waals surface area contributed by atoms with Crippen LogP contribution in [0.2, 0.25) is 0 Å². The first kappa shape index (κ1) is 19.1. The first-order chi connectivity index (χ1) is 12.2. The van der Waals surface area contributed by atoms with Crippen LogP contribution in [0.3, 0.4) is 0 Å². The fraction of sp³-hybridized carbons (Fsp3) is 0.0556. The average Bonchev–Trinajstić information content (AvgIpc) is 2.55. The highest BCUT2D eigenvalue weighted by molar-refractivity contribution is 9.11. The minimum Gasteiger partial charge on any atom is -0.264 e. The van der Waals surface area contributed by atoms with E-state index >= 15 is 0 Å². The van der Waals surface area contributed by atoms with Crippen molar-refractivity contribution >= 4 is 41.7 Å². The molecule has 0 aliphatic carbocycles. The standard InChI is InChI=1S/C18H11Br2F2NO2S/c1-26(24,25)18-8-16(21)14(7-17(18)22)15-9-23-3-2-13(15)10-4-11(19)6-12(20)5-10/h2-9H,1H3. The quantitative estimate of drug-likeness (QED) is 0.466. The Kier molecular flexibility index (Phi) is 5.28. The Hall–Kier alpha value is -1.64. The lowest BCUT2D eigenvalue weighted by Gasteiger charge is -2.12. The lowest BCUT2D eigenvalue weighted by atomic mass is 9.96. The van der Waals surface area contributed by atoms with E-state index < -0.39 is 26.4 Å². The maximum absolute atomic E-state index is 14.6. The number of sulfone groups is 1. The van der Waals surface area contributed by atoms with E-state index in [0.29, 0.717) is 17.2 Å². The van der Waals surface area contributed by atoms with Gasteiger partial charge in [0.2, 0.25) is 0 Å². The molecule has 0 N–H and O–H groups in total. The molecule has 0 fully saturated rings. The number of aromatic nitrogens is 1. The predicted octanol–water partition coefficient (Wildman–Crippen LogP) is 5.62. The first-order valence-corrected chi connectivity index (χ1v) is 10.7. The van der Waals surface area contributed by atoms with E-state index in [4.69, 9.17) is 0 Å². The van der Waals surface area contributed by atoms with Gasteiger partial charge in [0, 0.05) is 38.7 Å². The van der Waals surface area contributed by atoms with Crippen molar-refractivity contribution in [3.8, 4) is 22.3 Å². The van der Waals surface area contributed by atoms with Crippen molar-refractivity contribution in [1.82, 2.24) is 4.98 Å². The third-order valence-electron chi connectivity index (χ3n) is 3.71. The van der Waals surface area contributed by atoms with Gasteiger partial charge < -0.3 is 0 Å². The molecule has 0 bridgehead atoms. The molecule has 134 valence electrons. The molecule has 0 saturated carbocycles. The lowest BCUT2D eigenvalue weighted by molar-refractivity contribution is 0.557. The summed E-state index contributed by atoms with van der Waals surface area (Å²) >= 11 is 6.80. The maximum Gasteiger partial charge on any atom is 0.178 e. The topological polar surface area (TPSA) is 47.0 Å². The number of nitrogens with zero attached hydrogens (tertiary/aromatic N) is 1. The largest absolute Gasteiger partial charge is 0.264 e. The summed E-state index contributed by atoms with van der Waals surface area (Å²) in [5.74, 6) is -1.84. The summed E-state index contributed by atoms with van der Waals surface area (Å²) in [4.78, 5) is 3.33. The van der Waals surface area contributed by atoms with Crippen molar-refractivity contribution in [1.29, 1.82) is 0 Å². The van der Waals surface area contributed by atoms with Crippen LogP contribution in [-0.2, 0) is 9.84 Å². The summed E-state index contributed by atoms with van der Waals surface area (Å²) < 4.78 is 53.7. The van der Waals surface area contributed by atoms with Crippen LogP contribution >= 0.6 is 31.9 Å². The Morgan fingerprint density at radius 3 is 2.15 bits per heavy atom. The van der Waals surface area contributed by atoms with Crippen molar-refractivity contribution in [3.63, 3.8) is 0 Å². The van der Waals surface area contributed by atoms with E-state index in [1.54, 1.807) is 12.3 Å². The Labute approximate surface area is 166 Å². The predicted molar refractivity (Wildman–Crippen MR) is 104 cm³/mol. The molecule has 0 aliphatic rings. The van der Waals surface area contributed by atoms with Crippen molar-refractivity contribution in [2.24, 2.45) is 0 Å². The molecule has 3 aromatic rings. The molecule has 3 rings (SSSR count). The molecule has 1 heterocycles. The zero-order valence-corrected chi connectivity index (χ0v) is 17.3. The van der Waals surface area contributed by atoms with E-state index in [0.717, 1.165) is 26.8 Å². The zero-order valence-electron chi connectivity index (χ0n) is 13.3. The normalized spacial score (nSPS) is 11.6. The molecular formula is C18H11Br2F2NO2S. The summed E-state index contributed by atoms with van der Waals surface area (Å²) in [6, 6.07) is 8.80. The zero-order chi connectivity index (χ0) is 19.1. The summed E-state index contributed by atoms with van der Waals surface area (Å²) in [6.45, 7) is 0. The van der Waals surface area contributed by atoms with Crippen molar-refractivity contribution < 1.29 is 17.2 Å². The van der Waals surface area contributed by atoms with Gasteiger partial charge in [0.05, 0.1) is 0 Å². The molecule has 0 saturated heterocycles. The van der Waals surface area contributed by atoms with Crippen LogP contribution in [0.5, 0.6) is 0 Å². The number of pyridine rings is 1. The molecule has 0 unspecified atom stereocenters. The fourth-order valence-electron chi connectivity index (χ4n) is 2.59. The van der Waals surface area contributed by atoms with Gasteiger partial charge in [0.1, 0.15) is 16.5 Å². The van der Waals surface area contributed by atoms with Crippen molar-refractivity contribution in [3.05, 3.63) is 69.4 Å². The summed E-state index contributed by atoms with van der Waals surface area (Å²) in [7, 11) is -3.87. The summed E-state index contributed by atoms with van der Waals surface area (Å²) in [5, 5.41) is 0. The molecule has 0 amide bonds. The second-order valence-corrected chi connectivity index (χ2v) is 9.43. The molecule has 3 nitrogen and oxygen atoms in total. The lowest BCUT2D eigenvalue weighted by Crippen LogP contribution is -2.03. The minimum atomic E-state index is -3.87. The SMILES string of the molecule is CS(=O)(=O)c1cc(F)c(-c2cnccc2-c2cc(Br)cc(Br)c2)cc1F. The number of rotatable bonds is 3. The van der Waals surface area contributed by atoms with Crippen LogP contribution in [-0.4, -0.2) is 19.7 Å². The number of halogens is 4. The third-order valence-corrected chi connectivity index (χ3v) is 5.73. The summed E-state index contributed by atoms with van der Waals surface area (Å²) in [5.41, 5.74) is 1.69. The van der Waals surface area contributed by atoms with E-state index in [2.05, 4.69) is 36.8 Å². The first-order valence-electron chi connectivity index (χ1n) is 7.27. The van der Waals surface area contributed by atoms with Gasteiger partial charge in [-0.3, -0.25) is 4.98 Å².